The summed E-state index contributed by atoms with van der Waals surface area (Å²) >= 11 is 0. The molecule has 1 unspecified atom stereocenters. The number of halogens is 1. The molecular weight excluding hydrogens is 421 g/mol. The number of aryl methyl sites for hydroxylation is 1. The molecule has 0 saturated carbocycles. The molecule has 176 valence electrons. The fraction of sp³-hybridized carbons (Fsp3) is 0.423. The molecule has 3 rings (SSSR count). The predicted molar refractivity (Wildman–Crippen MR) is 125 cm³/mol. The van der Waals surface area contributed by atoms with Crippen LogP contribution in [0.15, 0.2) is 48.5 Å². The summed E-state index contributed by atoms with van der Waals surface area (Å²) in [4.78, 5) is 40.5. The van der Waals surface area contributed by atoms with Crippen molar-refractivity contribution in [3.8, 4) is 0 Å². The van der Waals surface area contributed by atoms with Gasteiger partial charge in [-0.25, -0.2) is 4.39 Å². The van der Waals surface area contributed by atoms with Gasteiger partial charge in [0.2, 0.25) is 5.91 Å². The van der Waals surface area contributed by atoms with Gasteiger partial charge in [-0.05, 0) is 55.4 Å². The van der Waals surface area contributed by atoms with E-state index in [2.05, 4.69) is 10.6 Å². The third-order valence-electron chi connectivity index (χ3n) is 6.05. The first kappa shape index (κ1) is 24.4. The lowest BCUT2D eigenvalue weighted by atomic mass is 9.88. The first-order valence-electron chi connectivity index (χ1n) is 11.5. The van der Waals surface area contributed by atoms with E-state index in [1.807, 2.05) is 45.0 Å². The first-order chi connectivity index (χ1) is 15.8. The Kier molecular flexibility index (Phi) is 8.20. The van der Waals surface area contributed by atoms with Crippen LogP contribution in [0, 0.1) is 24.6 Å². The number of likely N-dealkylation sites (tertiary alicyclic amines) is 1. The second-order valence-corrected chi connectivity index (χ2v) is 9.01. The van der Waals surface area contributed by atoms with Crippen LogP contribution in [0.2, 0.25) is 0 Å². The van der Waals surface area contributed by atoms with Crippen LogP contribution in [0.4, 0.5) is 4.39 Å². The van der Waals surface area contributed by atoms with Gasteiger partial charge in [-0.15, -0.1) is 0 Å². The highest BCUT2D eigenvalue weighted by atomic mass is 19.1. The van der Waals surface area contributed by atoms with Crippen LogP contribution in [0.5, 0.6) is 0 Å². The van der Waals surface area contributed by atoms with Gasteiger partial charge in [0.05, 0.1) is 5.56 Å². The molecule has 0 bridgehead atoms. The molecule has 7 heteroatoms. The van der Waals surface area contributed by atoms with Gasteiger partial charge >= 0.3 is 0 Å². The summed E-state index contributed by atoms with van der Waals surface area (Å²) in [6.45, 7) is 7.34. The zero-order valence-electron chi connectivity index (χ0n) is 19.4. The fourth-order valence-corrected chi connectivity index (χ4v) is 4.10. The van der Waals surface area contributed by atoms with E-state index in [9.17, 15) is 18.8 Å². The Hall–Kier alpha value is -3.22. The molecule has 1 aliphatic heterocycles. The highest BCUT2D eigenvalue weighted by Gasteiger charge is 2.34. The van der Waals surface area contributed by atoms with Crippen LogP contribution >= 0.6 is 0 Å². The molecule has 0 spiro atoms. The van der Waals surface area contributed by atoms with Crippen LogP contribution < -0.4 is 10.6 Å². The predicted octanol–water partition coefficient (Wildman–Crippen LogP) is 3.56. The molecule has 2 aromatic carbocycles. The van der Waals surface area contributed by atoms with E-state index in [1.54, 1.807) is 11.0 Å². The summed E-state index contributed by atoms with van der Waals surface area (Å²) in [5.74, 6) is -1.45. The van der Waals surface area contributed by atoms with Gasteiger partial charge in [0.15, 0.2) is 0 Å². The van der Waals surface area contributed by atoms with Crippen LogP contribution in [0.3, 0.4) is 0 Å². The molecule has 2 aromatic rings. The van der Waals surface area contributed by atoms with E-state index < -0.39 is 17.8 Å². The highest BCUT2D eigenvalue weighted by molar-refractivity contribution is 5.98. The van der Waals surface area contributed by atoms with Crippen LogP contribution in [0.1, 0.15) is 53.0 Å². The number of nitrogens with one attached hydrogen (secondary N) is 2. The monoisotopic (exact) mass is 453 g/mol. The van der Waals surface area contributed by atoms with E-state index in [-0.39, 0.29) is 29.2 Å². The molecule has 6 nitrogen and oxygen atoms in total. The number of benzene rings is 2. The van der Waals surface area contributed by atoms with E-state index >= 15 is 0 Å². The average Bonchev–Trinajstić information content (AvgIpc) is 2.81. The summed E-state index contributed by atoms with van der Waals surface area (Å²) in [6.07, 6.45) is 1.13. The average molecular weight is 454 g/mol. The Bertz CT molecular complexity index is 1000. The molecular formula is C26H32FN3O3. The maximum absolute atomic E-state index is 14.1. The summed E-state index contributed by atoms with van der Waals surface area (Å²) < 4.78 is 14.1. The molecule has 0 radical (unpaired) electrons. The van der Waals surface area contributed by atoms with Gasteiger partial charge in [0.25, 0.3) is 11.8 Å². The van der Waals surface area contributed by atoms with Gasteiger partial charge in [-0.3, -0.25) is 14.4 Å². The molecule has 0 aliphatic carbocycles. The Morgan fingerprint density at radius 1 is 1.00 bits per heavy atom. The largest absolute Gasteiger partial charge is 0.354 e. The minimum absolute atomic E-state index is 0.0252. The van der Waals surface area contributed by atoms with Gasteiger partial charge in [-0.2, -0.15) is 0 Å². The molecule has 1 saturated heterocycles. The number of hydrogen-bond donors (Lipinski definition) is 2. The number of hydrogen-bond acceptors (Lipinski definition) is 3. The van der Waals surface area contributed by atoms with E-state index in [4.69, 9.17) is 0 Å². The minimum Gasteiger partial charge on any atom is -0.354 e. The van der Waals surface area contributed by atoms with E-state index in [0.717, 1.165) is 5.56 Å². The highest BCUT2D eigenvalue weighted by Crippen LogP contribution is 2.24. The van der Waals surface area contributed by atoms with Crippen molar-refractivity contribution in [3.63, 3.8) is 0 Å². The number of nitrogens with zero attached hydrogens (tertiary/aromatic N) is 1. The van der Waals surface area contributed by atoms with E-state index in [0.29, 0.717) is 38.0 Å². The number of piperidine rings is 1. The lowest BCUT2D eigenvalue weighted by Gasteiger charge is -2.36. The topological polar surface area (TPSA) is 78.5 Å². The van der Waals surface area contributed by atoms with Crippen molar-refractivity contribution in [2.45, 2.75) is 39.7 Å². The third-order valence-corrected chi connectivity index (χ3v) is 6.05. The van der Waals surface area contributed by atoms with Crippen LogP contribution in [-0.2, 0) is 4.79 Å². The van der Waals surface area contributed by atoms with Gasteiger partial charge in [0, 0.05) is 25.2 Å². The zero-order chi connectivity index (χ0) is 24.0. The number of amides is 3. The maximum Gasteiger partial charge on any atom is 0.254 e. The van der Waals surface area contributed by atoms with Gasteiger partial charge in [-0.1, -0.05) is 44.2 Å². The molecule has 3 amide bonds. The molecule has 33 heavy (non-hydrogen) atoms. The van der Waals surface area contributed by atoms with E-state index in [1.165, 1.54) is 18.2 Å². The van der Waals surface area contributed by atoms with Crippen molar-refractivity contribution in [1.82, 2.24) is 15.5 Å². The van der Waals surface area contributed by atoms with Crippen molar-refractivity contribution in [3.05, 3.63) is 71.0 Å². The van der Waals surface area contributed by atoms with Gasteiger partial charge in [0.1, 0.15) is 11.9 Å². The molecule has 1 aliphatic rings. The second kappa shape index (κ2) is 11.1. The smallest absolute Gasteiger partial charge is 0.254 e. The first-order valence-corrected chi connectivity index (χ1v) is 11.5. The molecule has 1 atom stereocenters. The Balaban J connectivity index is 1.71. The Labute approximate surface area is 194 Å². The van der Waals surface area contributed by atoms with Crippen molar-refractivity contribution in [1.29, 1.82) is 0 Å². The fourth-order valence-electron chi connectivity index (χ4n) is 4.10. The number of carbonyl (C=O) groups excluding carboxylic acids is 3. The number of carbonyl (C=O) groups is 3. The standard InChI is InChI=1S/C26H32FN3O3/c1-17(2)16-28-25(32)23(29-24(31)21-10-6-7-11-22(21)27)19-12-14-30(15-13-19)26(33)20-9-5-4-8-18(20)3/h4-11,17,19,23H,12-16H2,1-3H3,(H,28,32)(H,29,31). The molecule has 1 fully saturated rings. The normalized spacial score (nSPS) is 15.2. The summed E-state index contributed by atoms with van der Waals surface area (Å²) in [5.41, 5.74) is 1.51. The lowest BCUT2D eigenvalue weighted by molar-refractivity contribution is -0.124. The van der Waals surface area contributed by atoms with Crippen molar-refractivity contribution >= 4 is 17.7 Å². The summed E-state index contributed by atoms with van der Waals surface area (Å²) in [7, 11) is 0. The van der Waals surface area contributed by atoms with Crippen molar-refractivity contribution in [2.24, 2.45) is 11.8 Å². The van der Waals surface area contributed by atoms with Crippen LogP contribution in [0.25, 0.3) is 0 Å². The zero-order valence-corrected chi connectivity index (χ0v) is 19.4. The third kappa shape index (κ3) is 6.18. The Morgan fingerprint density at radius 2 is 1.61 bits per heavy atom. The second-order valence-electron chi connectivity index (χ2n) is 9.01. The lowest BCUT2D eigenvalue weighted by Crippen LogP contribution is -2.54. The van der Waals surface area contributed by atoms with Crippen LogP contribution in [-0.4, -0.2) is 48.3 Å². The summed E-state index contributed by atoms with van der Waals surface area (Å²) in [5, 5.41) is 5.65. The quantitative estimate of drug-likeness (QED) is 0.673. The minimum atomic E-state index is -0.799. The SMILES string of the molecule is Cc1ccccc1C(=O)N1CCC(C(NC(=O)c2ccccc2F)C(=O)NCC(C)C)CC1. The van der Waals surface area contributed by atoms with Gasteiger partial charge < -0.3 is 15.5 Å². The molecule has 1 heterocycles. The molecule has 2 N–H and O–H groups in total. The Morgan fingerprint density at radius 3 is 2.21 bits per heavy atom. The van der Waals surface area contributed by atoms with Crippen molar-refractivity contribution < 1.29 is 18.8 Å². The van der Waals surface area contributed by atoms with Crippen molar-refractivity contribution in [2.75, 3.05) is 19.6 Å². The maximum atomic E-state index is 14.1. The molecule has 0 aromatic heterocycles. The summed E-state index contributed by atoms with van der Waals surface area (Å²) in [6, 6.07) is 12.4. The number of rotatable bonds is 7.